The summed E-state index contributed by atoms with van der Waals surface area (Å²) in [5, 5.41) is 14.9. The van der Waals surface area contributed by atoms with Gasteiger partial charge in [0, 0.05) is 44.5 Å². The number of carbonyl (C=O) groups is 2. The molecule has 2 aliphatic heterocycles. The molecule has 0 bridgehead atoms. The molecule has 0 radical (unpaired) electrons. The second-order valence-corrected chi connectivity index (χ2v) is 9.16. The maximum Gasteiger partial charge on any atom is 0.411 e. The van der Waals surface area contributed by atoms with Gasteiger partial charge in [-0.3, -0.25) is 14.6 Å². The van der Waals surface area contributed by atoms with Gasteiger partial charge in [0.15, 0.2) is 11.5 Å². The van der Waals surface area contributed by atoms with E-state index in [0.717, 1.165) is 66.3 Å². The molecule has 1 aromatic carbocycles. The minimum absolute atomic E-state index is 0.151. The summed E-state index contributed by atoms with van der Waals surface area (Å²) in [6, 6.07) is 7.32. The second kappa shape index (κ2) is 10.1. The molecule has 12 nitrogen and oxygen atoms in total. The number of carbonyl (C=O) groups excluding carboxylic acids is 1. The lowest BCUT2D eigenvalue weighted by Gasteiger charge is -2.31. The molecule has 0 saturated carbocycles. The average Bonchev–Trinajstić information content (AvgIpc) is 3.32. The van der Waals surface area contributed by atoms with Crippen LogP contribution in [0.2, 0.25) is 0 Å². The molecule has 3 N–H and O–H groups in total. The van der Waals surface area contributed by atoms with Gasteiger partial charge in [-0.1, -0.05) is 0 Å². The van der Waals surface area contributed by atoms with E-state index in [9.17, 15) is 14.7 Å². The Balaban J connectivity index is 1.51. The van der Waals surface area contributed by atoms with E-state index >= 15 is 0 Å². The summed E-state index contributed by atoms with van der Waals surface area (Å²) in [6.07, 6.45) is 2.49. The number of morpholine rings is 1. The molecular formula is C24H30N8O4. The normalized spacial score (nSPS) is 17.4. The van der Waals surface area contributed by atoms with Crippen molar-refractivity contribution in [2.75, 3.05) is 62.8 Å². The van der Waals surface area contributed by atoms with Crippen LogP contribution in [-0.2, 0) is 9.53 Å². The molecular weight excluding hydrogens is 464 g/mol. The summed E-state index contributed by atoms with van der Waals surface area (Å²) in [6.45, 7) is 4.51. The zero-order chi connectivity index (χ0) is 25.2. The van der Waals surface area contributed by atoms with Gasteiger partial charge < -0.3 is 20.5 Å². The lowest BCUT2D eigenvalue weighted by Crippen LogP contribution is -2.40. The number of ether oxygens (including phenoxy) is 1. The van der Waals surface area contributed by atoms with Crippen LogP contribution < -0.4 is 15.5 Å². The molecule has 2 saturated heterocycles. The Kier molecular flexibility index (Phi) is 6.70. The molecule has 0 atom stereocenters. The van der Waals surface area contributed by atoms with Gasteiger partial charge in [-0.2, -0.15) is 5.10 Å². The zero-order valence-corrected chi connectivity index (χ0v) is 20.2. The van der Waals surface area contributed by atoms with Gasteiger partial charge in [0.1, 0.15) is 5.82 Å². The van der Waals surface area contributed by atoms with Crippen LogP contribution >= 0.6 is 0 Å². The maximum absolute atomic E-state index is 11.3. The van der Waals surface area contributed by atoms with Crippen LogP contribution in [0, 0.1) is 0 Å². The second-order valence-electron chi connectivity index (χ2n) is 9.16. The van der Waals surface area contributed by atoms with Crippen LogP contribution in [0.25, 0.3) is 22.4 Å². The summed E-state index contributed by atoms with van der Waals surface area (Å²) in [5.74, 6) is 1.06. The number of anilines is 2. The first-order valence-corrected chi connectivity index (χ1v) is 12.1. The fraction of sp³-hybridized carbons (Fsp3) is 0.458. The number of rotatable bonds is 6. The van der Waals surface area contributed by atoms with E-state index in [-0.39, 0.29) is 18.5 Å². The molecule has 3 aromatic rings. The molecule has 36 heavy (non-hydrogen) atoms. The predicted octanol–water partition coefficient (Wildman–Crippen LogP) is 1.57. The zero-order valence-electron chi connectivity index (χ0n) is 20.2. The monoisotopic (exact) mass is 494 g/mol. The lowest BCUT2D eigenvalue weighted by molar-refractivity contribution is -0.119. The minimum atomic E-state index is -1.03. The molecule has 4 heterocycles. The van der Waals surface area contributed by atoms with E-state index in [1.807, 2.05) is 23.0 Å². The number of amides is 2. The molecule has 0 aliphatic carbocycles. The summed E-state index contributed by atoms with van der Waals surface area (Å²) in [7, 11) is 1.50. The minimum Gasteiger partial charge on any atom is -0.465 e. The van der Waals surface area contributed by atoms with Gasteiger partial charge in [0.2, 0.25) is 5.91 Å². The lowest BCUT2D eigenvalue weighted by atomic mass is 10.1. The van der Waals surface area contributed by atoms with Crippen LogP contribution in [0.15, 0.2) is 30.5 Å². The topological polar surface area (TPSA) is 143 Å². The van der Waals surface area contributed by atoms with Crippen molar-refractivity contribution in [1.82, 2.24) is 24.6 Å². The largest absolute Gasteiger partial charge is 0.465 e. The Labute approximate surface area is 208 Å². The van der Waals surface area contributed by atoms with Gasteiger partial charge >= 0.3 is 6.09 Å². The Morgan fingerprint density at radius 1 is 1.11 bits per heavy atom. The molecule has 12 heteroatoms. The standard InChI is InChI=1S/C24H30N8O4/c1-29(24(34)35)17-4-2-16(3-5-17)21-27-22(31-10-12-36-13-11-31)19-14-26-32(23(19)28-21)18-6-8-30(9-7-18)15-20(25)33/h2-5,14,18H,6-13,15H2,1H3,(H2,25,33)(H,34,35). The fourth-order valence-corrected chi connectivity index (χ4v) is 4.81. The molecule has 2 amide bonds. The molecule has 2 aromatic heterocycles. The number of piperidine rings is 1. The first-order valence-electron chi connectivity index (χ1n) is 12.1. The van der Waals surface area contributed by atoms with Crippen LogP contribution in [0.3, 0.4) is 0 Å². The number of hydrogen-bond donors (Lipinski definition) is 2. The highest BCUT2D eigenvalue weighted by atomic mass is 16.5. The first-order chi connectivity index (χ1) is 17.4. The van der Waals surface area contributed by atoms with Crippen molar-refractivity contribution < 1.29 is 19.4 Å². The number of likely N-dealkylation sites (tertiary alicyclic amines) is 1. The quantitative estimate of drug-likeness (QED) is 0.522. The van der Waals surface area contributed by atoms with E-state index in [2.05, 4.69) is 9.80 Å². The van der Waals surface area contributed by atoms with E-state index < -0.39 is 6.09 Å². The molecule has 2 aliphatic rings. The third kappa shape index (κ3) is 4.82. The van der Waals surface area contributed by atoms with Gasteiger partial charge in [0.05, 0.1) is 37.4 Å². The highest BCUT2D eigenvalue weighted by Gasteiger charge is 2.26. The number of carboxylic acid groups (broad SMARTS) is 1. The maximum atomic E-state index is 11.3. The Morgan fingerprint density at radius 2 is 1.81 bits per heavy atom. The first kappa shape index (κ1) is 23.9. The van der Waals surface area contributed by atoms with Crippen molar-refractivity contribution in [2.45, 2.75) is 18.9 Å². The molecule has 2 fully saturated rings. The van der Waals surface area contributed by atoms with Crippen molar-refractivity contribution in [2.24, 2.45) is 5.73 Å². The Hall–Kier alpha value is -3.77. The van der Waals surface area contributed by atoms with Gasteiger partial charge in [-0.05, 0) is 37.1 Å². The molecule has 0 spiro atoms. The number of hydrogen-bond acceptors (Lipinski definition) is 8. The summed E-state index contributed by atoms with van der Waals surface area (Å²) in [4.78, 5) is 37.9. The summed E-state index contributed by atoms with van der Waals surface area (Å²) in [5.41, 5.74) is 7.49. The number of primary amides is 1. The summed E-state index contributed by atoms with van der Waals surface area (Å²) >= 11 is 0. The van der Waals surface area contributed by atoms with Crippen LogP contribution in [0.4, 0.5) is 16.3 Å². The van der Waals surface area contributed by atoms with E-state index in [1.54, 1.807) is 12.1 Å². The molecule has 0 unspecified atom stereocenters. The van der Waals surface area contributed by atoms with E-state index in [1.165, 1.54) is 7.05 Å². The summed E-state index contributed by atoms with van der Waals surface area (Å²) < 4.78 is 7.53. The molecule has 190 valence electrons. The van der Waals surface area contributed by atoms with Gasteiger partial charge in [0.25, 0.3) is 0 Å². The SMILES string of the molecule is CN(C(=O)O)c1ccc(-c2nc(N3CCOCC3)c3cnn(C4CCN(CC(N)=O)CC4)c3n2)cc1. The average molecular weight is 495 g/mol. The number of fused-ring (bicyclic) bond motifs is 1. The predicted molar refractivity (Wildman–Crippen MR) is 134 cm³/mol. The van der Waals surface area contributed by atoms with Crippen molar-refractivity contribution in [3.63, 3.8) is 0 Å². The van der Waals surface area contributed by atoms with Gasteiger partial charge in [-0.15, -0.1) is 0 Å². The van der Waals surface area contributed by atoms with Crippen LogP contribution in [-0.4, -0.2) is 94.7 Å². The fourth-order valence-electron chi connectivity index (χ4n) is 4.81. The number of nitrogens with two attached hydrogens (primary N) is 1. The van der Waals surface area contributed by atoms with Gasteiger partial charge in [-0.25, -0.2) is 19.4 Å². The van der Waals surface area contributed by atoms with Crippen molar-refractivity contribution in [3.8, 4) is 11.4 Å². The Morgan fingerprint density at radius 3 is 2.44 bits per heavy atom. The smallest absolute Gasteiger partial charge is 0.411 e. The number of aromatic nitrogens is 4. The highest BCUT2D eigenvalue weighted by molar-refractivity contribution is 5.89. The van der Waals surface area contributed by atoms with E-state index in [0.29, 0.717) is 24.7 Å². The van der Waals surface area contributed by atoms with E-state index in [4.69, 9.17) is 25.5 Å². The van der Waals surface area contributed by atoms with Crippen molar-refractivity contribution in [3.05, 3.63) is 30.5 Å². The van der Waals surface area contributed by atoms with Crippen LogP contribution in [0.5, 0.6) is 0 Å². The Bertz CT molecular complexity index is 1250. The number of benzene rings is 1. The van der Waals surface area contributed by atoms with Crippen LogP contribution in [0.1, 0.15) is 18.9 Å². The number of nitrogens with zero attached hydrogens (tertiary/aromatic N) is 7. The van der Waals surface area contributed by atoms with Crippen molar-refractivity contribution in [1.29, 1.82) is 0 Å². The third-order valence-corrected chi connectivity index (χ3v) is 6.83. The highest BCUT2D eigenvalue weighted by Crippen LogP contribution is 2.32. The third-order valence-electron chi connectivity index (χ3n) is 6.83. The van der Waals surface area contributed by atoms with Crippen molar-refractivity contribution >= 4 is 34.5 Å². The molecule has 5 rings (SSSR count).